The van der Waals surface area contributed by atoms with Gasteiger partial charge in [0, 0.05) is 23.6 Å². The molecule has 0 saturated heterocycles. The van der Waals surface area contributed by atoms with Gasteiger partial charge in [-0.25, -0.2) is 15.8 Å². The Morgan fingerprint density at radius 3 is 2.39 bits per heavy atom. The molecule has 0 aliphatic heterocycles. The van der Waals surface area contributed by atoms with E-state index in [4.69, 9.17) is 5.84 Å². The number of carbonyl (C=O) groups is 1. The fourth-order valence-corrected chi connectivity index (χ4v) is 2.36. The molecule has 0 aliphatic rings. The summed E-state index contributed by atoms with van der Waals surface area (Å²) < 4.78 is 0. The van der Waals surface area contributed by atoms with Crippen LogP contribution in [0.2, 0.25) is 0 Å². The van der Waals surface area contributed by atoms with Crippen molar-refractivity contribution < 1.29 is 4.79 Å². The van der Waals surface area contributed by atoms with E-state index in [0.717, 1.165) is 40.7 Å². The minimum atomic E-state index is -0.113. The van der Waals surface area contributed by atoms with Crippen LogP contribution in [0.5, 0.6) is 0 Å². The molecule has 18 heavy (non-hydrogen) atoms. The van der Waals surface area contributed by atoms with E-state index in [-0.39, 0.29) is 5.91 Å². The molecule has 0 radical (unpaired) electrons. The number of aromatic nitrogens is 2. The number of nitrogens with two attached hydrogens (primary N) is 1. The zero-order valence-corrected chi connectivity index (χ0v) is 11.9. The molecule has 0 atom stereocenters. The molecule has 0 aromatic carbocycles. The van der Waals surface area contributed by atoms with Crippen LogP contribution in [0.25, 0.3) is 0 Å². The highest BCUT2D eigenvalue weighted by atomic mass is 32.2. The first-order chi connectivity index (χ1) is 8.54. The Labute approximate surface area is 112 Å². The van der Waals surface area contributed by atoms with E-state index in [0.29, 0.717) is 6.42 Å². The van der Waals surface area contributed by atoms with E-state index in [1.54, 1.807) is 11.8 Å². The molecule has 6 heteroatoms. The van der Waals surface area contributed by atoms with Gasteiger partial charge in [-0.3, -0.25) is 10.2 Å². The average molecular weight is 268 g/mol. The second-order valence-corrected chi connectivity index (χ2v) is 5.24. The Morgan fingerprint density at radius 2 is 1.83 bits per heavy atom. The number of thioether (sulfide) groups is 1. The minimum absolute atomic E-state index is 0.113. The van der Waals surface area contributed by atoms with Gasteiger partial charge in [0.15, 0.2) is 5.16 Å². The van der Waals surface area contributed by atoms with Crippen molar-refractivity contribution in [3.05, 3.63) is 17.0 Å². The number of hydrazine groups is 1. The molecule has 0 bridgehead atoms. The van der Waals surface area contributed by atoms with Crippen LogP contribution < -0.4 is 11.3 Å². The van der Waals surface area contributed by atoms with Gasteiger partial charge in [-0.1, -0.05) is 11.8 Å². The largest absolute Gasteiger partial charge is 0.294 e. The number of nitrogens with zero attached hydrogens (tertiary/aromatic N) is 2. The highest BCUT2D eigenvalue weighted by molar-refractivity contribution is 7.99. The monoisotopic (exact) mass is 268 g/mol. The number of amides is 1. The average Bonchev–Trinajstić information content (AvgIpc) is 2.35. The van der Waals surface area contributed by atoms with Crippen molar-refractivity contribution in [3.8, 4) is 0 Å². The molecule has 1 rings (SSSR count). The summed E-state index contributed by atoms with van der Waals surface area (Å²) in [5, 5.41) is 0.818. The minimum Gasteiger partial charge on any atom is -0.294 e. The van der Waals surface area contributed by atoms with Crippen LogP contribution in [0, 0.1) is 20.8 Å². The van der Waals surface area contributed by atoms with Gasteiger partial charge in [0.2, 0.25) is 5.91 Å². The zero-order chi connectivity index (χ0) is 13.5. The maximum absolute atomic E-state index is 10.9. The lowest BCUT2D eigenvalue weighted by atomic mass is 10.2. The molecule has 5 nitrogen and oxygen atoms in total. The number of carbonyl (C=O) groups excluding carboxylic acids is 1. The highest BCUT2D eigenvalue weighted by Gasteiger charge is 2.05. The first-order valence-corrected chi connectivity index (χ1v) is 6.97. The Morgan fingerprint density at radius 1 is 1.22 bits per heavy atom. The van der Waals surface area contributed by atoms with Crippen LogP contribution in [-0.4, -0.2) is 21.6 Å². The molecule has 1 aromatic heterocycles. The van der Waals surface area contributed by atoms with E-state index in [9.17, 15) is 4.79 Å². The Bertz CT molecular complexity index is 400. The normalized spacial score (nSPS) is 10.4. The number of nitrogens with one attached hydrogen (secondary N) is 1. The third kappa shape index (κ3) is 4.62. The van der Waals surface area contributed by atoms with Crippen LogP contribution in [0.1, 0.15) is 36.2 Å². The maximum Gasteiger partial charge on any atom is 0.233 e. The van der Waals surface area contributed by atoms with Crippen LogP contribution >= 0.6 is 11.8 Å². The van der Waals surface area contributed by atoms with E-state index in [2.05, 4.69) is 15.4 Å². The zero-order valence-electron chi connectivity index (χ0n) is 11.1. The molecule has 100 valence electrons. The number of rotatable bonds is 6. The van der Waals surface area contributed by atoms with Crippen LogP contribution in [-0.2, 0) is 4.79 Å². The number of aryl methyl sites for hydroxylation is 2. The summed E-state index contributed by atoms with van der Waals surface area (Å²) >= 11 is 1.63. The van der Waals surface area contributed by atoms with Crippen LogP contribution in [0.15, 0.2) is 5.16 Å². The smallest absolute Gasteiger partial charge is 0.233 e. The number of hydrogen-bond donors (Lipinski definition) is 2. The Balaban J connectivity index is 2.34. The molecule has 1 heterocycles. The predicted molar refractivity (Wildman–Crippen MR) is 73.1 cm³/mol. The summed E-state index contributed by atoms with van der Waals surface area (Å²) in [5.74, 6) is 5.80. The lowest BCUT2D eigenvalue weighted by Crippen LogP contribution is -2.29. The maximum atomic E-state index is 10.9. The summed E-state index contributed by atoms with van der Waals surface area (Å²) in [6.07, 6.45) is 2.26. The van der Waals surface area contributed by atoms with E-state index in [1.807, 2.05) is 20.8 Å². The van der Waals surface area contributed by atoms with Crippen molar-refractivity contribution in [2.75, 3.05) is 5.75 Å². The van der Waals surface area contributed by atoms with Gasteiger partial charge in [-0.15, -0.1) is 0 Å². The number of hydrogen-bond acceptors (Lipinski definition) is 5. The van der Waals surface area contributed by atoms with Gasteiger partial charge < -0.3 is 0 Å². The standard InChI is InChI=1S/C12H20N4OS/c1-8-9(2)14-12(15-10(8)3)18-7-5-4-6-11(17)16-13/h4-7,13H2,1-3H3,(H,16,17). The second-order valence-electron chi connectivity index (χ2n) is 4.18. The molecule has 0 saturated carbocycles. The van der Waals surface area contributed by atoms with Gasteiger partial charge >= 0.3 is 0 Å². The van der Waals surface area contributed by atoms with E-state index in [1.165, 1.54) is 0 Å². The predicted octanol–water partition coefficient (Wildman–Crippen LogP) is 1.65. The SMILES string of the molecule is Cc1nc(SCCCCC(=O)NN)nc(C)c1C. The van der Waals surface area contributed by atoms with Gasteiger partial charge in [0.1, 0.15) is 0 Å². The van der Waals surface area contributed by atoms with Gasteiger partial charge in [0.25, 0.3) is 0 Å². The van der Waals surface area contributed by atoms with Gasteiger partial charge in [0.05, 0.1) is 0 Å². The summed E-state index contributed by atoms with van der Waals surface area (Å²) in [6.45, 7) is 6.03. The van der Waals surface area contributed by atoms with Crippen molar-refractivity contribution >= 4 is 17.7 Å². The third-order valence-corrected chi connectivity index (χ3v) is 3.74. The Hall–Kier alpha value is -1.14. The van der Waals surface area contributed by atoms with Crippen molar-refractivity contribution in [1.29, 1.82) is 0 Å². The van der Waals surface area contributed by atoms with Crippen LogP contribution in [0.4, 0.5) is 0 Å². The molecule has 0 unspecified atom stereocenters. The van der Waals surface area contributed by atoms with Crippen LogP contribution in [0.3, 0.4) is 0 Å². The van der Waals surface area contributed by atoms with Crippen molar-refractivity contribution in [1.82, 2.24) is 15.4 Å². The van der Waals surface area contributed by atoms with E-state index < -0.39 is 0 Å². The lowest BCUT2D eigenvalue weighted by molar-refractivity contribution is -0.121. The third-order valence-electron chi connectivity index (χ3n) is 2.80. The van der Waals surface area contributed by atoms with Crippen molar-refractivity contribution in [2.24, 2.45) is 5.84 Å². The summed E-state index contributed by atoms with van der Waals surface area (Å²) in [6, 6.07) is 0. The number of unbranched alkanes of at least 4 members (excludes halogenated alkanes) is 1. The molecule has 0 aliphatic carbocycles. The van der Waals surface area contributed by atoms with Crippen molar-refractivity contribution in [3.63, 3.8) is 0 Å². The molecule has 1 aromatic rings. The Kier molecular flexibility index (Phi) is 6.07. The molecule has 0 spiro atoms. The molecular weight excluding hydrogens is 248 g/mol. The fourth-order valence-electron chi connectivity index (χ4n) is 1.43. The van der Waals surface area contributed by atoms with Gasteiger partial charge in [-0.05, 0) is 39.2 Å². The molecule has 3 N–H and O–H groups in total. The fraction of sp³-hybridized carbons (Fsp3) is 0.583. The first kappa shape index (κ1) is 14.9. The second kappa shape index (κ2) is 7.33. The molecule has 1 amide bonds. The van der Waals surface area contributed by atoms with Crippen molar-refractivity contribution in [2.45, 2.75) is 45.2 Å². The topological polar surface area (TPSA) is 80.9 Å². The highest BCUT2D eigenvalue weighted by Crippen LogP contribution is 2.18. The summed E-state index contributed by atoms with van der Waals surface area (Å²) in [4.78, 5) is 19.8. The summed E-state index contributed by atoms with van der Waals surface area (Å²) in [7, 11) is 0. The van der Waals surface area contributed by atoms with Gasteiger partial charge in [-0.2, -0.15) is 0 Å². The molecular formula is C12H20N4OS. The quantitative estimate of drug-likeness (QED) is 0.205. The van der Waals surface area contributed by atoms with E-state index >= 15 is 0 Å². The molecule has 0 fully saturated rings. The lowest BCUT2D eigenvalue weighted by Gasteiger charge is -2.06. The summed E-state index contributed by atoms with van der Waals surface area (Å²) in [5.41, 5.74) is 5.35. The first-order valence-electron chi connectivity index (χ1n) is 5.98.